The van der Waals surface area contributed by atoms with Crippen LogP contribution in [-0.2, 0) is 14.8 Å². The largest absolute Gasteiger partial charge is 0.480 e. The number of nitrogens with zero attached hydrogens (tertiary/aromatic N) is 1. The highest BCUT2D eigenvalue weighted by Crippen LogP contribution is 2.31. The highest BCUT2D eigenvalue weighted by Gasteiger charge is 2.43. The molecule has 1 fully saturated rings. The topological polar surface area (TPSA) is 74.7 Å². The maximum absolute atomic E-state index is 12.7. The number of aliphatic carboxylic acids is 1. The van der Waals surface area contributed by atoms with Crippen LogP contribution in [0.5, 0.6) is 0 Å². The van der Waals surface area contributed by atoms with Crippen LogP contribution in [0.25, 0.3) is 0 Å². The summed E-state index contributed by atoms with van der Waals surface area (Å²) in [4.78, 5) is 11.0. The lowest BCUT2D eigenvalue weighted by atomic mass is 10.2. The molecule has 0 unspecified atom stereocenters. The number of carbonyl (C=O) groups is 1. The summed E-state index contributed by atoms with van der Waals surface area (Å²) in [5, 5.41) is 9.06. The molecule has 0 aliphatic carbocycles. The highest BCUT2D eigenvalue weighted by atomic mass is 32.2. The number of hydrogen-bond donors (Lipinski definition) is 1. The van der Waals surface area contributed by atoms with Crippen LogP contribution in [0.4, 0.5) is 8.78 Å². The number of carboxylic acids is 1. The molecule has 1 saturated heterocycles. The van der Waals surface area contributed by atoms with Crippen LogP contribution >= 0.6 is 0 Å². The van der Waals surface area contributed by atoms with Gasteiger partial charge in [0.2, 0.25) is 10.0 Å². The van der Waals surface area contributed by atoms with Gasteiger partial charge in [-0.15, -0.1) is 0 Å². The van der Waals surface area contributed by atoms with E-state index in [1.165, 1.54) is 12.1 Å². The molecule has 0 spiro atoms. The second kappa shape index (κ2) is 5.53. The smallest absolute Gasteiger partial charge is 0.322 e. The average Bonchev–Trinajstić information content (AvgIpc) is 2.85. The van der Waals surface area contributed by atoms with E-state index in [-0.39, 0.29) is 4.90 Å². The van der Waals surface area contributed by atoms with Gasteiger partial charge in [0.05, 0.1) is 4.90 Å². The van der Waals surface area contributed by atoms with Crippen LogP contribution < -0.4 is 0 Å². The Morgan fingerprint density at radius 3 is 2.33 bits per heavy atom. The van der Waals surface area contributed by atoms with Crippen molar-refractivity contribution in [2.24, 2.45) is 0 Å². The SMILES string of the molecule is Cc1ccc(S(=O)(=O)N2CC(=C(F)F)C[C@H]2C(=O)O)cc1. The molecule has 1 N–H and O–H groups in total. The number of benzene rings is 1. The Kier molecular flexibility index (Phi) is 4.11. The molecule has 1 aliphatic heterocycles. The van der Waals surface area contributed by atoms with Gasteiger partial charge in [-0.2, -0.15) is 13.1 Å². The highest BCUT2D eigenvalue weighted by molar-refractivity contribution is 7.89. The van der Waals surface area contributed by atoms with E-state index in [0.29, 0.717) is 4.31 Å². The first kappa shape index (κ1) is 15.6. The number of rotatable bonds is 3. The molecule has 1 heterocycles. The molecule has 21 heavy (non-hydrogen) atoms. The molecule has 8 heteroatoms. The molecule has 0 amide bonds. The van der Waals surface area contributed by atoms with Gasteiger partial charge in [-0.1, -0.05) is 17.7 Å². The first-order chi connectivity index (χ1) is 9.73. The van der Waals surface area contributed by atoms with E-state index < -0.39 is 46.7 Å². The van der Waals surface area contributed by atoms with Gasteiger partial charge in [0.15, 0.2) is 0 Å². The van der Waals surface area contributed by atoms with Crippen molar-refractivity contribution in [1.82, 2.24) is 4.31 Å². The lowest BCUT2D eigenvalue weighted by Gasteiger charge is -2.20. The fourth-order valence-corrected chi connectivity index (χ4v) is 3.72. The van der Waals surface area contributed by atoms with Crippen molar-refractivity contribution in [3.8, 4) is 0 Å². The summed E-state index contributed by atoms with van der Waals surface area (Å²) in [6, 6.07) is 4.28. The maximum Gasteiger partial charge on any atom is 0.322 e. The standard InChI is InChI=1S/C13H13F2NO4S/c1-8-2-4-10(5-3-8)21(19,20)16-7-9(12(14)15)6-11(16)13(17)18/h2-5,11H,6-7H2,1H3,(H,17,18)/t11-/m0/s1. The Hall–Kier alpha value is -1.80. The third-order valence-electron chi connectivity index (χ3n) is 3.31. The molecular weight excluding hydrogens is 304 g/mol. The Morgan fingerprint density at radius 1 is 1.29 bits per heavy atom. The predicted octanol–water partition coefficient (Wildman–Crippen LogP) is 1.99. The normalized spacial score (nSPS) is 19.8. The van der Waals surface area contributed by atoms with Gasteiger partial charge in [-0.05, 0) is 19.1 Å². The van der Waals surface area contributed by atoms with Gasteiger partial charge in [-0.3, -0.25) is 4.79 Å². The Bertz CT molecular complexity index is 693. The van der Waals surface area contributed by atoms with Gasteiger partial charge >= 0.3 is 5.97 Å². The van der Waals surface area contributed by atoms with Gasteiger partial charge in [0.1, 0.15) is 6.04 Å². The van der Waals surface area contributed by atoms with Crippen LogP contribution in [0.2, 0.25) is 0 Å². The molecule has 2 rings (SSSR count). The number of hydrogen-bond acceptors (Lipinski definition) is 3. The quantitative estimate of drug-likeness (QED) is 0.925. The van der Waals surface area contributed by atoms with Crippen molar-refractivity contribution in [3.63, 3.8) is 0 Å². The van der Waals surface area contributed by atoms with Crippen LogP contribution in [0, 0.1) is 6.92 Å². The monoisotopic (exact) mass is 317 g/mol. The zero-order valence-electron chi connectivity index (χ0n) is 11.1. The molecule has 1 aromatic carbocycles. The molecule has 0 aromatic heterocycles. The van der Waals surface area contributed by atoms with Crippen LogP contribution in [0.3, 0.4) is 0 Å². The Morgan fingerprint density at radius 2 is 1.86 bits per heavy atom. The van der Waals surface area contributed by atoms with Crippen molar-refractivity contribution >= 4 is 16.0 Å². The molecule has 0 radical (unpaired) electrons. The number of halogens is 2. The lowest BCUT2D eigenvalue weighted by molar-refractivity contribution is -0.140. The van der Waals surface area contributed by atoms with Crippen molar-refractivity contribution in [3.05, 3.63) is 41.5 Å². The Balaban J connectivity index is 2.45. The van der Waals surface area contributed by atoms with E-state index in [1.807, 2.05) is 0 Å². The molecule has 0 saturated carbocycles. The second-order valence-electron chi connectivity index (χ2n) is 4.79. The number of carboxylic acid groups (broad SMARTS) is 1. The third-order valence-corrected chi connectivity index (χ3v) is 5.18. The molecule has 114 valence electrons. The van der Waals surface area contributed by atoms with Gasteiger partial charge in [0.25, 0.3) is 6.08 Å². The fourth-order valence-electron chi connectivity index (χ4n) is 2.14. The van der Waals surface area contributed by atoms with Gasteiger partial charge in [0, 0.05) is 18.5 Å². The first-order valence-electron chi connectivity index (χ1n) is 6.08. The summed E-state index contributed by atoms with van der Waals surface area (Å²) < 4.78 is 50.8. The summed E-state index contributed by atoms with van der Waals surface area (Å²) in [5.41, 5.74) is 0.374. The molecular formula is C13H13F2NO4S. The van der Waals surface area contributed by atoms with E-state index >= 15 is 0 Å². The number of aryl methyl sites for hydroxylation is 1. The van der Waals surface area contributed by atoms with E-state index in [2.05, 4.69) is 0 Å². The van der Waals surface area contributed by atoms with Crippen molar-refractivity contribution < 1.29 is 27.1 Å². The van der Waals surface area contributed by atoms with Crippen molar-refractivity contribution in [1.29, 1.82) is 0 Å². The lowest BCUT2D eigenvalue weighted by Crippen LogP contribution is -2.40. The fraction of sp³-hybridized carbons (Fsp3) is 0.308. The van der Waals surface area contributed by atoms with Gasteiger partial charge < -0.3 is 5.11 Å². The summed E-state index contributed by atoms with van der Waals surface area (Å²) in [7, 11) is -4.13. The molecule has 5 nitrogen and oxygen atoms in total. The molecule has 1 aromatic rings. The summed E-state index contributed by atoms with van der Waals surface area (Å²) in [6.45, 7) is 1.17. The third kappa shape index (κ3) is 2.96. The van der Waals surface area contributed by atoms with E-state index in [1.54, 1.807) is 19.1 Å². The first-order valence-corrected chi connectivity index (χ1v) is 7.52. The van der Waals surface area contributed by atoms with Crippen LogP contribution in [0.15, 0.2) is 40.8 Å². The summed E-state index contributed by atoms with van der Waals surface area (Å²) in [6.07, 6.45) is -2.52. The minimum Gasteiger partial charge on any atom is -0.480 e. The zero-order valence-corrected chi connectivity index (χ0v) is 11.9. The van der Waals surface area contributed by atoms with Crippen LogP contribution in [-0.4, -0.2) is 36.4 Å². The van der Waals surface area contributed by atoms with E-state index in [0.717, 1.165) is 5.56 Å². The maximum atomic E-state index is 12.7. The van der Waals surface area contributed by atoms with Crippen molar-refractivity contribution in [2.45, 2.75) is 24.3 Å². The summed E-state index contributed by atoms with van der Waals surface area (Å²) >= 11 is 0. The predicted molar refractivity (Wildman–Crippen MR) is 70.4 cm³/mol. The molecule has 1 aliphatic rings. The van der Waals surface area contributed by atoms with Gasteiger partial charge in [-0.25, -0.2) is 8.42 Å². The van der Waals surface area contributed by atoms with E-state index in [4.69, 9.17) is 5.11 Å². The number of sulfonamides is 1. The Labute approximate surface area is 120 Å². The second-order valence-corrected chi connectivity index (χ2v) is 6.68. The molecule has 1 atom stereocenters. The van der Waals surface area contributed by atoms with Crippen LogP contribution in [0.1, 0.15) is 12.0 Å². The van der Waals surface area contributed by atoms with E-state index in [9.17, 15) is 22.0 Å². The average molecular weight is 317 g/mol. The zero-order chi connectivity index (χ0) is 15.8. The van der Waals surface area contributed by atoms with Crippen molar-refractivity contribution in [2.75, 3.05) is 6.54 Å². The minimum absolute atomic E-state index is 0.111. The molecule has 0 bridgehead atoms. The summed E-state index contributed by atoms with van der Waals surface area (Å²) in [5.74, 6) is -1.44. The minimum atomic E-state index is -4.13.